The summed E-state index contributed by atoms with van der Waals surface area (Å²) in [7, 11) is 0. The average molecular weight is 264 g/mol. The Bertz CT molecular complexity index is 522. The fourth-order valence-electron chi connectivity index (χ4n) is 2.19. The van der Waals surface area contributed by atoms with Gasteiger partial charge in [0.05, 0.1) is 12.2 Å². The Balaban J connectivity index is 1.90. The van der Waals surface area contributed by atoms with Gasteiger partial charge in [-0.25, -0.2) is 9.48 Å². The molecular formula is C13H20N4O2. The van der Waals surface area contributed by atoms with E-state index in [0.29, 0.717) is 13.1 Å². The monoisotopic (exact) mass is 264 g/mol. The van der Waals surface area contributed by atoms with E-state index in [1.54, 1.807) is 6.07 Å². The lowest BCUT2D eigenvalue weighted by Crippen LogP contribution is -2.41. The predicted molar refractivity (Wildman–Crippen MR) is 72.2 cm³/mol. The Morgan fingerprint density at radius 2 is 2.26 bits per heavy atom. The van der Waals surface area contributed by atoms with Crippen molar-refractivity contribution in [2.75, 3.05) is 6.54 Å². The molecule has 0 atom stereocenters. The van der Waals surface area contributed by atoms with Crippen LogP contribution < -0.4 is 16.2 Å². The third-order valence-corrected chi connectivity index (χ3v) is 3.05. The van der Waals surface area contributed by atoms with Crippen LogP contribution in [0.1, 0.15) is 31.5 Å². The lowest BCUT2D eigenvalue weighted by atomic mass is 10.2. The van der Waals surface area contributed by atoms with E-state index in [9.17, 15) is 9.59 Å². The highest BCUT2D eigenvalue weighted by Crippen LogP contribution is 2.16. The summed E-state index contributed by atoms with van der Waals surface area (Å²) in [6.45, 7) is 4.58. The second-order valence-electron chi connectivity index (χ2n) is 5.09. The number of carbonyl (C=O) groups excluding carboxylic acids is 1. The van der Waals surface area contributed by atoms with E-state index < -0.39 is 0 Å². The van der Waals surface area contributed by atoms with Gasteiger partial charge in [0, 0.05) is 18.7 Å². The molecule has 1 heterocycles. The molecule has 0 aromatic carbocycles. The highest BCUT2D eigenvalue weighted by atomic mass is 16.2. The summed E-state index contributed by atoms with van der Waals surface area (Å²) in [5.74, 6) is 0. The van der Waals surface area contributed by atoms with E-state index in [0.717, 1.165) is 30.5 Å². The number of urea groups is 1. The standard InChI is InChI=1S/C13H20N4O2/c1-9(2)15-13(19)14-6-7-17-12(18)8-10-4-3-5-11(10)16-17/h8-9H,3-7H2,1-2H3,(H2,14,15,19). The molecule has 0 saturated carbocycles. The number of aryl methyl sites for hydroxylation is 2. The first-order chi connectivity index (χ1) is 9.06. The minimum atomic E-state index is -0.218. The van der Waals surface area contributed by atoms with Crippen molar-refractivity contribution in [3.63, 3.8) is 0 Å². The summed E-state index contributed by atoms with van der Waals surface area (Å²) in [6, 6.07) is 1.55. The molecule has 0 saturated heterocycles. The Morgan fingerprint density at radius 1 is 1.47 bits per heavy atom. The number of carbonyl (C=O) groups is 1. The van der Waals surface area contributed by atoms with Crippen molar-refractivity contribution in [1.82, 2.24) is 20.4 Å². The lowest BCUT2D eigenvalue weighted by Gasteiger charge is -2.11. The number of nitrogens with one attached hydrogen (secondary N) is 2. The van der Waals surface area contributed by atoms with Crippen LogP contribution in [0.3, 0.4) is 0 Å². The summed E-state index contributed by atoms with van der Waals surface area (Å²) in [6.07, 6.45) is 2.96. The number of hydrogen-bond acceptors (Lipinski definition) is 3. The highest BCUT2D eigenvalue weighted by molar-refractivity contribution is 5.73. The van der Waals surface area contributed by atoms with E-state index in [1.165, 1.54) is 4.68 Å². The fourth-order valence-corrected chi connectivity index (χ4v) is 2.19. The van der Waals surface area contributed by atoms with Crippen LogP contribution in [0.5, 0.6) is 0 Å². The Morgan fingerprint density at radius 3 is 3.00 bits per heavy atom. The molecule has 0 bridgehead atoms. The van der Waals surface area contributed by atoms with Gasteiger partial charge in [0.1, 0.15) is 0 Å². The molecule has 0 fully saturated rings. The maximum Gasteiger partial charge on any atom is 0.315 e. The third kappa shape index (κ3) is 3.56. The fraction of sp³-hybridized carbons (Fsp3) is 0.615. The van der Waals surface area contributed by atoms with Crippen molar-refractivity contribution in [2.45, 2.75) is 45.7 Å². The van der Waals surface area contributed by atoms with Crippen LogP contribution in [-0.4, -0.2) is 28.4 Å². The van der Waals surface area contributed by atoms with Crippen molar-refractivity contribution in [3.05, 3.63) is 27.7 Å². The third-order valence-electron chi connectivity index (χ3n) is 3.05. The van der Waals surface area contributed by atoms with Crippen molar-refractivity contribution in [2.24, 2.45) is 0 Å². The molecule has 1 aromatic heterocycles. The van der Waals surface area contributed by atoms with E-state index in [-0.39, 0.29) is 17.6 Å². The molecule has 0 unspecified atom stereocenters. The molecule has 1 aliphatic carbocycles. The topological polar surface area (TPSA) is 76.0 Å². The molecule has 6 heteroatoms. The summed E-state index contributed by atoms with van der Waals surface area (Å²) < 4.78 is 1.43. The number of aromatic nitrogens is 2. The first-order valence-electron chi connectivity index (χ1n) is 6.70. The smallest absolute Gasteiger partial charge is 0.315 e. The van der Waals surface area contributed by atoms with E-state index in [4.69, 9.17) is 0 Å². The molecular weight excluding hydrogens is 244 g/mol. The summed E-state index contributed by atoms with van der Waals surface area (Å²) >= 11 is 0. The largest absolute Gasteiger partial charge is 0.336 e. The summed E-state index contributed by atoms with van der Waals surface area (Å²) in [4.78, 5) is 23.2. The number of fused-ring (bicyclic) bond motifs is 1. The van der Waals surface area contributed by atoms with Crippen LogP contribution in [0.15, 0.2) is 10.9 Å². The zero-order chi connectivity index (χ0) is 13.8. The van der Waals surface area contributed by atoms with Gasteiger partial charge in [0.25, 0.3) is 5.56 Å². The Kier molecular flexibility index (Phi) is 4.19. The average Bonchev–Trinajstić information content (AvgIpc) is 2.75. The number of amides is 2. The van der Waals surface area contributed by atoms with Crippen LogP contribution in [0, 0.1) is 0 Å². The minimum absolute atomic E-state index is 0.0910. The Labute approximate surface area is 112 Å². The van der Waals surface area contributed by atoms with Gasteiger partial charge in [-0.15, -0.1) is 0 Å². The molecule has 2 rings (SSSR count). The zero-order valence-corrected chi connectivity index (χ0v) is 11.4. The van der Waals surface area contributed by atoms with Crippen molar-refractivity contribution in [3.8, 4) is 0 Å². The van der Waals surface area contributed by atoms with E-state index in [1.807, 2.05) is 13.8 Å². The van der Waals surface area contributed by atoms with Crippen LogP contribution >= 0.6 is 0 Å². The van der Waals surface area contributed by atoms with Crippen molar-refractivity contribution >= 4 is 6.03 Å². The van der Waals surface area contributed by atoms with Gasteiger partial charge in [-0.1, -0.05) is 0 Å². The molecule has 2 amide bonds. The molecule has 104 valence electrons. The van der Waals surface area contributed by atoms with Crippen LogP contribution in [0.25, 0.3) is 0 Å². The molecule has 0 aliphatic heterocycles. The minimum Gasteiger partial charge on any atom is -0.336 e. The maximum absolute atomic E-state index is 11.8. The zero-order valence-electron chi connectivity index (χ0n) is 11.4. The molecule has 1 aromatic rings. The molecule has 0 radical (unpaired) electrons. The molecule has 6 nitrogen and oxygen atoms in total. The Hall–Kier alpha value is -1.85. The van der Waals surface area contributed by atoms with E-state index >= 15 is 0 Å². The quantitative estimate of drug-likeness (QED) is 0.828. The first-order valence-corrected chi connectivity index (χ1v) is 6.70. The SMILES string of the molecule is CC(C)NC(=O)NCCn1nc2c(cc1=O)CCC2. The first kappa shape index (κ1) is 13.6. The van der Waals surface area contributed by atoms with Crippen LogP contribution in [0.4, 0.5) is 4.79 Å². The maximum atomic E-state index is 11.8. The van der Waals surface area contributed by atoms with Gasteiger partial charge in [0.2, 0.25) is 0 Å². The highest BCUT2D eigenvalue weighted by Gasteiger charge is 2.14. The van der Waals surface area contributed by atoms with Gasteiger partial charge in [-0.05, 0) is 38.7 Å². The van der Waals surface area contributed by atoms with E-state index in [2.05, 4.69) is 15.7 Å². The predicted octanol–water partition coefficient (Wildman–Crippen LogP) is 0.440. The summed E-state index contributed by atoms with van der Waals surface area (Å²) in [5.41, 5.74) is 2.00. The number of rotatable bonds is 4. The van der Waals surface area contributed by atoms with Crippen molar-refractivity contribution < 1.29 is 4.79 Å². The molecule has 19 heavy (non-hydrogen) atoms. The van der Waals surface area contributed by atoms with Crippen LogP contribution in [-0.2, 0) is 19.4 Å². The molecule has 0 spiro atoms. The number of hydrogen-bond donors (Lipinski definition) is 2. The van der Waals surface area contributed by atoms with Gasteiger partial charge < -0.3 is 10.6 Å². The van der Waals surface area contributed by atoms with Gasteiger partial charge in [-0.3, -0.25) is 4.79 Å². The number of nitrogens with zero attached hydrogens (tertiary/aromatic N) is 2. The second-order valence-corrected chi connectivity index (χ2v) is 5.09. The normalized spacial score (nSPS) is 13.4. The summed E-state index contributed by atoms with van der Waals surface area (Å²) in [5, 5.41) is 9.78. The second kappa shape index (κ2) is 5.86. The van der Waals surface area contributed by atoms with Gasteiger partial charge >= 0.3 is 6.03 Å². The molecule has 1 aliphatic rings. The lowest BCUT2D eigenvalue weighted by molar-refractivity contribution is 0.238. The molecule has 2 N–H and O–H groups in total. The van der Waals surface area contributed by atoms with Gasteiger partial charge in [0.15, 0.2) is 0 Å². The van der Waals surface area contributed by atoms with Crippen molar-refractivity contribution in [1.29, 1.82) is 0 Å². The van der Waals surface area contributed by atoms with Crippen LogP contribution in [0.2, 0.25) is 0 Å². The van der Waals surface area contributed by atoms with Gasteiger partial charge in [-0.2, -0.15) is 5.10 Å².